The van der Waals surface area contributed by atoms with Crippen molar-refractivity contribution in [1.82, 2.24) is 10.3 Å². The minimum absolute atomic E-state index is 0.287. The van der Waals surface area contributed by atoms with Crippen molar-refractivity contribution in [2.75, 3.05) is 6.54 Å². The van der Waals surface area contributed by atoms with Crippen LogP contribution in [0.5, 0.6) is 0 Å². The molecule has 0 aliphatic heterocycles. The number of rotatable bonds is 3. The van der Waals surface area contributed by atoms with Gasteiger partial charge >= 0.3 is 0 Å². The summed E-state index contributed by atoms with van der Waals surface area (Å²) >= 11 is 0. The summed E-state index contributed by atoms with van der Waals surface area (Å²) in [4.78, 5) is 4.48. The third kappa shape index (κ3) is 2.25. The van der Waals surface area contributed by atoms with E-state index >= 15 is 0 Å². The lowest BCUT2D eigenvalue weighted by atomic mass is 9.79. The third-order valence-corrected chi connectivity index (χ3v) is 4.53. The highest BCUT2D eigenvalue weighted by Gasteiger charge is 2.36. The molecule has 1 aromatic heterocycles. The summed E-state index contributed by atoms with van der Waals surface area (Å²) in [6.45, 7) is 5.67. The zero-order valence-electron chi connectivity index (χ0n) is 11.8. The van der Waals surface area contributed by atoms with Gasteiger partial charge < -0.3 is 5.32 Å². The first kappa shape index (κ1) is 12.6. The van der Waals surface area contributed by atoms with Crippen LogP contribution in [0.1, 0.15) is 38.7 Å². The Labute approximate surface area is 115 Å². The van der Waals surface area contributed by atoms with E-state index in [4.69, 9.17) is 0 Å². The lowest BCUT2D eigenvalue weighted by molar-refractivity contribution is 0.461. The van der Waals surface area contributed by atoms with E-state index in [1.165, 1.54) is 30.2 Å². The molecule has 1 aliphatic carbocycles. The van der Waals surface area contributed by atoms with Crippen molar-refractivity contribution in [3.05, 3.63) is 42.1 Å². The van der Waals surface area contributed by atoms with E-state index in [2.05, 4.69) is 48.4 Å². The summed E-state index contributed by atoms with van der Waals surface area (Å²) in [5, 5.41) is 4.93. The quantitative estimate of drug-likeness (QED) is 0.904. The predicted molar refractivity (Wildman–Crippen MR) is 80.4 cm³/mol. The smallest absolute Gasteiger partial charge is 0.0704 e. The van der Waals surface area contributed by atoms with Crippen LogP contribution in [0.25, 0.3) is 10.9 Å². The topological polar surface area (TPSA) is 24.9 Å². The lowest BCUT2D eigenvalue weighted by Crippen LogP contribution is -2.28. The van der Waals surface area contributed by atoms with Gasteiger partial charge in [-0.25, -0.2) is 0 Å². The third-order valence-electron chi connectivity index (χ3n) is 4.53. The summed E-state index contributed by atoms with van der Waals surface area (Å²) in [6.07, 6.45) is 5.65. The molecule has 2 atom stereocenters. The number of pyridine rings is 1. The van der Waals surface area contributed by atoms with Crippen LogP contribution in [-0.2, 0) is 5.41 Å². The molecular formula is C17H22N2. The molecular weight excluding hydrogens is 232 g/mol. The van der Waals surface area contributed by atoms with E-state index in [1.807, 2.05) is 12.3 Å². The summed E-state index contributed by atoms with van der Waals surface area (Å²) in [5.74, 6) is 0. The zero-order chi connectivity index (χ0) is 13.3. The number of nitrogens with one attached hydrogen (secondary N) is 1. The minimum atomic E-state index is 0.287. The molecule has 0 saturated heterocycles. The van der Waals surface area contributed by atoms with E-state index in [9.17, 15) is 0 Å². The molecule has 2 nitrogen and oxygen atoms in total. The normalized spacial score (nSPS) is 26.9. The molecule has 1 N–H and O–H groups in total. The van der Waals surface area contributed by atoms with Crippen LogP contribution in [0.4, 0.5) is 0 Å². The summed E-state index contributed by atoms with van der Waals surface area (Å²) in [6, 6.07) is 11.5. The van der Waals surface area contributed by atoms with Gasteiger partial charge in [0.1, 0.15) is 0 Å². The van der Waals surface area contributed by atoms with Crippen LogP contribution in [-0.4, -0.2) is 17.6 Å². The van der Waals surface area contributed by atoms with Gasteiger partial charge in [-0.1, -0.05) is 32.0 Å². The van der Waals surface area contributed by atoms with E-state index in [-0.39, 0.29) is 5.41 Å². The summed E-state index contributed by atoms with van der Waals surface area (Å²) in [5.41, 5.74) is 2.88. The van der Waals surface area contributed by atoms with E-state index in [0.717, 1.165) is 12.1 Å². The molecule has 0 spiro atoms. The Morgan fingerprint density at radius 3 is 3.05 bits per heavy atom. The average molecular weight is 254 g/mol. The fraction of sp³-hybridized carbons (Fsp3) is 0.471. The Hall–Kier alpha value is -1.41. The molecule has 2 heteroatoms. The number of aromatic nitrogens is 1. The van der Waals surface area contributed by atoms with E-state index in [0.29, 0.717) is 6.04 Å². The molecule has 0 radical (unpaired) electrons. The van der Waals surface area contributed by atoms with Gasteiger partial charge in [-0.15, -0.1) is 0 Å². The minimum Gasteiger partial charge on any atom is -0.314 e. The van der Waals surface area contributed by atoms with Gasteiger partial charge in [0.05, 0.1) is 5.52 Å². The first-order valence-electron chi connectivity index (χ1n) is 7.30. The second kappa shape index (κ2) is 4.93. The van der Waals surface area contributed by atoms with Gasteiger partial charge in [0.25, 0.3) is 0 Å². The molecule has 0 bridgehead atoms. The van der Waals surface area contributed by atoms with Crippen molar-refractivity contribution in [2.24, 2.45) is 0 Å². The maximum atomic E-state index is 4.48. The van der Waals surface area contributed by atoms with Gasteiger partial charge in [-0.2, -0.15) is 0 Å². The highest BCUT2D eigenvalue weighted by atomic mass is 14.9. The second-order valence-corrected chi connectivity index (χ2v) is 5.93. The molecule has 2 aromatic rings. The van der Waals surface area contributed by atoms with Crippen molar-refractivity contribution in [2.45, 2.75) is 44.6 Å². The van der Waals surface area contributed by atoms with Crippen molar-refractivity contribution < 1.29 is 0 Å². The highest BCUT2D eigenvalue weighted by Crippen LogP contribution is 2.43. The van der Waals surface area contributed by atoms with Crippen LogP contribution in [0.3, 0.4) is 0 Å². The Morgan fingerprint density at radius 1 is 1.32 bits per heavy atom. The SMILES string of the molecule is CCNC1CCC(C)(c2cccc3ncccc23)C1. The van der Waals surface area contributed by atoms with Crippen molar-refractivity contribution >= 4 is 10.9 Å². The second-order valence-electron chi connectivity index (χ2n) is 5.93. The van der Waals surface area contributed by atoms with E-state index < -0.39 is 0 Å². The lowest BCUT2D eigenvalue weighted by Gasteiger charge is -2.26. The summed E-state index contributed by atoms with van der Waals surface area (Å²) in [7, 11) is 0. The maximum absolute atomic E-state index is 4.48. The fourth-order valence-corrected chi connectivity index (χ4v) is 3.58. The average Bonchev–Trinajstić information content (AvgIpc) is 2.81. The van der Waals surface area contributed by atoms with Gasteiger partial charge in [0.2, 0.25) is 0 Å². The first-order chi connectivity index (χ1) is 9.23. The van der Waals surface area contributed by atoms with Crippen molar-refractivity contribution in [1.29, 1.82) is 0 Å². The standard InChI is InChI=1S/C17H22N2/c1-3-18-13-9-10-17(2,12-13)15-7-4-8-16-14(15)6-5-11-19-16/h4-8,11,13,18H,3,9-10,12H2,1-2H3. The Bertz CT molecular complexity index is 573. The zero-order valence-corrected chi connectivity index (χ0v) is 11.8. The number of benzene rings is 1. The molecule has 3 rings (SSSR count). The molecule has 0 amide bonds. The van der Waals surface area contributed by atoms with Crippen LogP contribution >= 0.6 is 0 Å². The molecule has 1 saturated carbocycles. The van der Waals surface area contributed by atoms with Gasteiger partial charge in [-0.05, 0) is 48.9 Å². The Kier molecular flexibility index (Phi) is 3.28. The number of hydrogen-bond donors (Lipinski definition) is 1. The molecule has 1 aliphatic rings. The largest absolute Gasteiger partial charge is 0.314 e. The van der Waals surface area contributed by atoms with Gasteiger partial charge in [0, 0.05) is 17.6 Å². The number of nitrogens with zero attached hydrogens (tertiary/aromatic N) is 1. The fourth-order valence-electron chi connectivity index (χ4n) is 3.58. The monoisotopic (exact) mass is 254 g/mol. The highest BCUT2D eigenvalue weighted by molar-refractivity contribution is 5.83. The number of fused-ring (bicyclic) bond motifs is 1. The molecule has 1 fully saturated rings. The molecule has 1 aromatic carbocycles. The molecule has 1 heterocycles. The Morgan fingerprint density at radius 2 is 2.21 bits per heavy atom. The molecule has 2 unspecified atom stereocenters. The van der Waals surface area contributed by atoms with Crippen LogP contribution < -0.4 is 5.32 Å². The van der Waals surface area contributed by atoms with Gasteiger partial charge in [-0.3, -0.25) is 4.98 Å². The molecule has 19 heavy (non-hydrogen) atoms. The van der Waals surface area contributed by atoms with Crippen molar-refractivity contribution in [3.8, 4) is 0 Å². The van der Waals surface area contributed by atoms with Crippen LogP contribution in [0.15, 0.2) is 36.5 Å². The molecule has 100 valence electrons. The summed E-state index contributed by atoms with van der Waals surface area (Å²) < 4.78 is 0. The van der Waals surface area contributed by atoms with Gasteiger partial charge in [0.15, 0.2) is 0 Å². The maximum Gasteiger partial charge on any atom is 0.0704 e. The first-order valence-corrected chi connectivity index (χ1v) is 7.30. The predicted octanol–water partition coefficient (Wildman–Crippen LogP) is 3.65. The van der Waals surface area contributed by atoms with Crippen molar-refractivity contribution in [3.63, 3.8) is 0 Å². The van der Waals surface area contributed by atoms with Crippen LogP contribution in [0, 0.1) is 0 Å². The number of hydrogen-bond acceptors (Lipinski definition) is 2. The van der Waals surface area contributed by atoms with E-state index in [1.54, 1.807) is 0 Å². The van der Waals surface area contributed by atoms with Crippen LogP contribution in [0.2, 0.25) is 0 Å². The Balaban J connectivity index is 2.00.